The van der Waals surface area contributed by atoms with Crippen LogP contribution in [-0.4, -0.2) is 50.1 Å². The lowest BCUT2D eigenvalue weighted by molar-refractivity contribution is -0.132. The molecule has 0 saturated heterocycles. The van der Waals surface area contributed by atoms with Gasteiger partial charge in [-0.05, 0) is 42.5 Å². The van der Waals surface area contributed by atoms with Gasteiger partial charge in [0.15, 0.2) is 11.5 Å². The van der Waals surface area contributed by atoms with Crippen molar-refractivity contribution in [2.45, 2.75) is 51.6 Å². The minimum atomic E-state index is -0.462. The average Bonchev–Trinajstić information content (AvgIpc) is 2.69. The van der Waals surface area contributed by atoms with Crippen LogP contribution in [0.2, 0.25) is 0 Å². The van der Waals surface area contributed by atoms with Crippen LogP contribution in [0.4, 0.5) is 0 Å². The Kier molecular flexibility index (Phi) is 7.91. The summed E-state index contributed by atoms with van der Waals surface area (Å²) in [5.74, 6) is 1.35. The number of nitrogens with one attached hydrogen (secondary N) is 1. The number of fused-ring (bicyclic) bond motifs is 1. The number of carbonyl (C=O) groups is 2. The maximum Gasteiger partial charge on any atom is 0.236 e. The Hall–Kier alpha value is -2.28. The van der Waals surface area contributed by atoms with E-state index >= 15 is 0 Å². The molecule has 2 amide bonds. The van der Waals surface area contributed by atoms with E-state index in [2.05, 4.69) is 5.32 Å². The molecule has 1 aliphatic heterocycles. The highest BCUT2D eigenvalue weighted by molar-refractivity contribution is 5.81. The number of rotatable bonds is 9. The summed E-state index contributed by atoms with van der Waals surface area (Å²) in [6.45, 7) is 3.73. The molecule has 0 fully saturated rings. The van der Waals surface area contributed by atoms with E-state index in [0.29, 0.717) is 50.4 Å². The highest BCUT2D eigenvalue weighted by Crippen LogP contribution is 2.33. The van der Waals surface area contributed by atoms with Crippen molar-refractivity contribution >= 4 is 11.8 Å². The molecule has 1 aromatic carbocycles. The Bertz CT molecular complexity index is 663. The summed E-state index contributed by atoms with van der Waals surface area (Å²) in [7, 11) is 3.23. The molecule has 0 bridgehead atoms. The van der Waals surface area contributed by atoms with E-state index in [-0.39, 0.29) is 11.8 Å². The van der Waals surface area contributed by atoms with Crippen LogP contribution in [0.5, 0.6) is 11.5 Å². The predicted octanol–water partition coefficient (Wildman–Crippen LogP) is 1.61. The van der Waals surface area contributed by atoms with Gasteiger partial charge < -0.3 is 25.4 Å². The number of nitrogens with zero attached hydrogens (tertiary/aromatic N) is 1. The largest absolute Gasteiger partial charge is 0.493 e. The second-order valence-corrected chi connectivity index (χ2v) is 6.83. The van der Waals surface area contributed by atoms with Crippen LogP contribution in [0.15, 0.2) is 12.1 Å². The lowest BCUT2D eigenvalue weighted by atomic mass is 9.98. The van der Waals surface area contributed by atoms with Gasteiger partial charge in [-0.2, -0.15) is 0 Å². The molecular formula is C20H31N3O4. The van der Waals surface area contributed by atoms with Gasteiger partial charge in [-0.3, -0.25) is 9.59 Å². The summed E-state index contributed by atoms with van der Waals surface area (Å²) < 4.78 is 10.7. The average molecular weight is 377 g/mol. The van der Waals surface area contributed by atoms with Crippen LogP contribution in [0, 0.1) is 0 Å². The first-order chi connectivity index (χ1) is 13.0. The van der Waals surface area contributed by atoms with Gasteiger partial charge in [-0.25, -0.2) is 0 Å². The Morgan fingerprint density at radius 3 is 2.52 bits per heavy atom. The first-order valence-electron chi connectivity index (χ1n) is 9.55. The van der Waals surface area contributed by atoms with E-state index in [1.165, 1.54) is 5.56 Å². The number of methoxy groups -OCH3 is 2. The second kappa shape index (κ2) is 10.2. The van der Waals surface area contributed by atoms with Gasteiger partial charge in [0.25, 0.3) is 0 Å². The molecule has 150 valence electrons. The summed E-state index contributed by atoms with van der Waals surface area (Å²) >= 11 is 0. The standard InChI is InChI=1S/C20H31N3O4/c1-4-6-16(21)20(25)22-9-5-7-19(24)23-10-8-14-11-17(26-2)18(27-3)12-15(14)13-23/h11-12,16H,4-10,13,21H2,1-3H3,(H,22,25). The van der Waals surface area contributed by atoms with E-state index < -0.39 is 6.04 Å². The van der Waals surface area contributed by atoms with Crippen molar-refractivity contribution in [1.82, 2.24) is 10.2 Å². The number of hydrogen-bond donors (Lipinski definition) is 2. The highest BCUT2D eigenvalue weighted by Gasteiger charge is 2.22. The summed E-state index contributed by atoms with van der Waals surface area (Å²) in [6.07, 6.45) is 3.36. The molecular weight excluding hydrogens is 346 g/mol. The van der Waals surface area contributed by atoms with Crippen LogP contribution in [0.3, 0.4) is 0 Å². The molecule has 7 nitrogen and oxygen atoms in total. The lowest BCUT2D eigenvalue weighted by Gasteiger charge is -2.29. The fourth-order valence-electron chi connectivity index (χ4n) is 3.28. The summed E-state index contributed by atoms with van der Waals surface area (Å²) in [6, 6.07) is 3.48. The molecule has 1 heterocycles. The fraction of sp³-hybridized carbons (Fsp3) is 0.600. The zero-order valence-electron chi connectivity index (χ0n) is 16.5. The number of hydrogen-bond acceptors (Lipinski definition) is 5. The molecule has 0 spiro atoms. The second-order valence-electron chi connectivity index (χ2n) is 6.83. The Morgan fingerprint density at radius 2 is 1.89 bits per heavy atom. The van der Waals surface area contributed by atoms with Gasteiger partial charge in [-0.1, -0.05) is 13.3 Å². The summed E-state index contributed by atoms with van der Waals surface area (Å²) in [4.78, 5) is 26.1. The molecule has 7 heteroatoms. The Balaban J connectivity index is 1.82. The molecule has 0 aliphatic carbocycles. The molecule has 1 aliphatic rings. The molecule has 0 radical (unpaired) electrons. The van der Waals surface area contributed by atoms with E-state index in [4.69, 9.17) is 15.2 Å². The minimum absolute atomic E-state index is 0.0996. The molecule has 3 N–H and O–H groups in total. The van der Waals surface area contributed by atoms with Gasteiger partial charge in [0.05, 0.1) is 20.3 Å². The number of ether oxygens (including phenoxy) is 2. The first kappa shape index (κ1) is 21.0. The zero-order valence-corrected chi connectivity index (χ0v) is 16.5. The first-order valence-corrected chi connectivity index (χ1v) is 9.55. The highest BCUT2D eigenvalue weighted by atomic mass is 16.5. The van der Waals surface area contributed by atoms with Crippen molar-refractivity contribution in [3.05, 3.63) is 23.3 Å². The maximum atomic E-state index is 12.5. The van der Waals surface area contributed by atoms with Gasteiger partial charge in [0.2, 0.25) is 11.8 Å². The van der Waals surface area contributed by atoms with Crippen molar-refractivity contribution in [3.63, 3.8) is 0 Å². The van der Waals surface area contributed by atoms with E-state index in [9.17, 15) is 9.59 Å². The van der Waals surface area contributed by atoms with Crippen LogP contribution < -0.4 is 20.5 Å². The Morgan fingerprint density at radius 1 is 1.22 bits per heavy atom. The monoisotopic (exact) mass is 377 g/mol. The normalized spacial score (nSPS) is 14.3. The van der Waals surface area contributed by atoms with Gasteiger partial charge >= 0.3 is 0 Å². The number of amides is 2. The SMILES string of the molecule is CCCC(N)C(=O)NCCCC(=O)N1CCc2cc(OC)c(OC)cc2C1. The fourth-order valence-corrected chi connectivity index (χ4v) is 3.28. The van der Waals surface area contributed by atoms with Gasteiger partial charge in [0.1, 0.15) is 0 Å². The van der Waals surface area contributed by atoms with Crippen LogP contribution in [-0.2, 0) is 22.6 Å². The summed E-state index contributed by atoms with van der Waals surface area (Å²) in [5.41, 5.74) is 8.05. The molecule has 27 heavy (non-hydrogen) atoms. The molecule has 0 saturated carbocycles. The van der Waals surface area contributed by atoms with Crippen molar-refractivity contribution in [3.8, 4) is 11.5 Å². The van der Waals surface area contributed by atoms with Crippen LogP contribution >= 0.6 is 0 Å². The van der Waals surface area contributed by atoms with Gasteiger partial charge in [0, 0.05) is 26.1 Å². The maximum absolute atomic E-state index is 12.5. The van der Waals surface area contributed by atoms with Gasteiger partial charge in [-0.15, -0.1) is 0 Å². The number of carbonyl (C=O) groups excluding carboxylic acids is 2. The third-order valence-electron chi connectivity index (χ3n) is 4.87. The topological polar surface area (TPSA) is 93.9 Å². The van der Waals surface area contributed by atoms with Crippen molar-refractivity contribution in [2.75, 3.05) is 27.3 Å². The molecule has 1 unspecified atom stereocenters. The number of benzene rings is 1. The zero-order chi connectivity index (χ0) is 19.8. The number of nitrogens with two attached hydrogens (primary N) is 1. The van der Waals surface area contributed by atoms with E-state index in [0.717, 1.165) is 18.4 Å². The molecule has 1 aromatic rings. The lowest BCUT2D eigenvalue weighted by Crippen LogP contribution is -2.41. The van der Waals surface area contributed by atoms with Crippen LogP contribution in [0.25, 0.3) is 0 Å². The smallest absolute Gasteiger partial charge is 0.236 e. The van der Waals surface area contributed by atoms with Crippen molar-refractivity contribution in [2.24, 2.45) is 5.73 Å². The third kappa shape index (κ3) is 5.60. The third-order valence-corrected chi connectivity index (χ3v) is 4.87. The van der Waals surface area contributed by atoms with E-state index in [1.807, 2.05) is 24.0 Å². The quantitative estimate of drug-likeness (QED) is 0.638. The summed E-state index contributed by atoms with van der Waals surface area (Å²) in [5, 5.41) is 2.80. The molecule has 2 rings (SSSR count). The van der Waals surface area contributed by atoms with Crippen molar-refractivity contribution < 1.29 is 19.1 Å². The van der Waals surface area contributed by atoms with E-state index in [1.54, 1.807) is 14.2 Å². The molecule has 0 aromatic heterocycles. The minimum Gasteiger partial charge on any atom is -0.493 e. The predicted molar refractivity (Wildman–Crippen MR) is 104 cm³/mol. The molecule has 1 atom stereocenters. The van der Waals surface area contributed by atoms with Crippen LogP contribution in [0.1, 0.15) is 43.7 Å². The Labute approximate surface area is 161 Å². The van der Waals surface area contributed by atoms with Crippen molar-refractivity contribution in [1.29, 1.82) is 0 Å².